The molecule has 1 saturated heterocycles. The lowest BCUT2D eigenvalue weighted by atomic mass is 10.1. The molecule has 1 aliphatic heterocycles. The molecule has 96 valence electrons. The molecule has 1 unspecified atom stereocenters. The Hall–Kier alpha value is -0.920. The fraction of sp³-hybridized carbons (Fsp3) is 0.545. The van der Waals surface area contributed by atoms with Crippen molar-refractivity contribution in [2.24, 2.45) is 7.05 Å². The van der Waals surface area contributed by atoms with E-state index in [2.05, 4.69) is 9.97 Å². The van der Waals surface area contributed by atoms with E-state index >= 15 is 0 Å². The van der Waals surface area contributed by atoms with E-state index in [1.165, 1.54) is 11.3 Å². The van der Waals surface area contributed by atoms with Crippen molar-refractivity contribution in [2.45, 2.75) is 16.7 Å². The Morgan fingerprint density at radius 3 is 3.00 bits per heavy atom. The Kier molecular flexibility index (Phi) is 3.13. The van der Waals surface area contributed by atoms with Crippen LogP contribution in [0.3, 0.4) is 0 Å². The highest BCUT2D eigenvalue weighted by Gasteiger charge is 2.24. The van der Waals surface area contributed by atoms with Gasteiger partial charge in [0.2, 0.25) is 0 Å². The number of hydrogen-bond donors (Lipinski definition) is 0. The second kappa shape index (κ2) is 4.64. The van der Waals surface area contributed by atoms with Crippen molar-refractivity contribution in [2.75, 3.05) is 19.5 Å². The van der Waals surface area contributed by atoms with Crippen LogP contribution in [0, 0.1) is 0 Å². The Balaban J connectivity index is 2.20. The first-order chi connectivity index (χ1) is 8.70. The third kappa shape index (κ3) is 1.86. The predicted molar refractivity (Wildman–Crippen MR) is 72.6 cm³/mol. The van der Waals surface area contributed by atoms with Crippen LogP contribution in [-0.2, 0) is 11.8 Å². The zero-order valence-electron chi connectivity index (χ0n) is 10.2. The van der Waals surface area contributed by atoms with Crippen LogP contribution in [0.1, 0.15) is 18.2 Å². The molecule has 0 saturated carbocycles. The SMILES string of the molecule is CSc1nc2c(=O)n(C)c(C3CCOC3)nc2s1. The third-order valence-corrected chi connectivity index (χ3v) is 5.06. The number of rotatable bonds is 2. The molecule has 0 spiro atoms. The van der Waals surface area contributed by atoms with E-state index in [1.807, 2.05) is 6.26 Å². The van der Waals surface area contributed by atoms with Gasteiger partial charge >= 0.3 is 0 Å². The molecule has 1 fully saturated rings. The number of hydrogen-bond acceptors (Lipinski definition) is 6. The minimum Gasteiger partial charge on any atom is -0.381 e. The quantitative estimate of drug-likeness (QED) is 0.784. The van der Waals surface area contributed by atoms with Gasteiger partial charge in [0, 0.05) is 19.6 Å². The van der Waals surface area contributed by atoms with Gasteiger partial charge in [0.1, 0.15) is 5.82 Å². The monoisotopic (exact) mass is 283 g/mol. The van der Waals surface area contributed by atoms with Gasteiger partial charge in [0.15, 0.2) is 14.7 Å². The van der Waals surface area contributed by atoms with E-state index in [1.54, 1.807) is 23.4 Å². The van der Waals surface area contributed by atoms with Crippen molar-refractivity contribution >= 4 is 33.4 Å². The van der Waals surface area contributed by atoms with E-state index in [9.17, 15) is 4.79 Å². The fourth-order valence-corrected chi connectivity index (χ4v) is 3.56. The molecule has 18 heavy (non-hydrogen) atoms. The van der Waals surface area contributed by atoms with Gasteiger partial charge < -0.3 is 4.74 Å². The first kappa shape index (κ1) is 12.1. The number of thiazole rings is 1. The van der Waals surface area contributed by atoms with Crippen LogP contribution in [0.2, 0.25) is 0 Å². The van der Waals surface area contributed by atoms with Crippen LogP contribution in [0.25, 0.3) is 10.3 Å². The summed E-state index contributed by atoms with van der Waals surface area (Å²) in [6.07, 6.45) is 2.88. The number of nitrogens with zero attached hydrogens (tertiary/aromatic N) is 3. The van der Waals surface area contributed by atoms with Crippen molar-refractivity contribution in [1.29, 1.82) is 0 Å². The lowest BCUT2D eigenvalue weighted by Gasteiger charge is -2.11. The summed E-state index contributed by atoms with van der Waals surface area (Å²) in [5.74, 6) is 1.05. The van der Waals surface area contributed by atoms with Crippen molar-refractivity contribution in [3.05, 3.63) is 16.2 Å². The lowest BCUT2D eigenvalue weighted by molar-refractivity contribution is 0.192. The minimum atomic E-state index is -0.0570. The number of thioether (sulfide) groups is 1. The summed E-state index contributed by atoms with van der Waals surface area (Å²) in [7, 11) is 1.76. The first-order valence-corrected chi connectivity index (χ1v) is 7.74. The van der Waals surface area contributed by atoms with Crippen LogP contribution < -0.4 is 5.56 Å². The molecule has 0 bridgehead atoms. The van der Waals surface area contributed by atoms with E-state index < -0.39 is 0 Å². The molecule has 2 aromatic heterocycles. The highest BCUT2D eigenvalue weighted by atomic mass is 32.2. The predicted octanol–water partition coefficient (Wildman–Crippen LogP) is 1.62. The molecular weight excluding hydrogens is 270 g/mol. The van der Waals surface area contributed by atoms with Crippen molar-refractivity contribution < 1.29 is 4.74 Å². The van der Waals surface area contributed by atoms with Gasteiger partial charge in [-0.05, 0) is 12.7 Å². The summed E-state index contributed by atoms with van der Waals surface area (Å²) in [5, 5.41) is 0. The maximum Gasteiger partial charge on any atom is 0.280 e. The van der Waals surface area contributed by atoms with Gasteiger partial charge in [0.05, 0.1) is 6.61 Å². The van der Waals surface area contributed by atoms with Gasteiger partial charge in [0.25, 0.3) is 5.56 Å². The first-order valence-electron chi connectivity index (χ1n) is 5.70. The van der Waals surface area contributed by atoms with Gasteiger partial charge in [-0.1, -0.05) is 23.1 Å². The number of ether oxygens (including phenoxy) is 1. The zero-order valence-corrected chi connectivity index (χ0v) is 11.8. The van der Waals surface area contributed by atoms with E-state index in [-0.39, 0.29) is 11.5 Å². The van der Waals surface area contributed by atoms with Gasteiger partial charge in [-0.2, -0.15) is 0 Å². The third-order valence-electron chi connectivity index (χ3n) is 3.13. The number of fused-ring (bicyclic) bond motifs is 1. The highest BCUT2D eigenvalue weighted by molar-refractivity contribution is 8.00. The molecule has 0 radical (unpaired) electrons. The molecule has 3 heterocycles. The van der Waals surface area contributed by atoms with Gasteiger partial charge in [-0.3, -0.25) is 9.36 Å². The normalized spacial score (nSPS) is 19.8. The average molecular weight is 283 g/mol. The summed E-state index contributed by atoms with van der Waals surface area (Å²) in [6, 6.07) is 0. The molecule has 3 rings (SSSR count). The molecule has 5 nitrogen and oxygen atoms in total. The maximum atomic E-state index is 12.3. The standard InChI is InChI=1S/C11H13N3O2S2/c1-14-8(6-3-4-16-5-6)13-9-7(10(14)15)12-11(17-2)18-9/h6H,3-5H2,1-2H3. The Bertz CT molecular complexity index is 644. The van der Waals surface area contributed by atoms with Crippen molar-refractivity contribution in [3.63, 3.8) is 0 Å². The molecular formula is C11H13N3O2S2. The largest absolute Gasteiger partial charge is 0.381 e. The fourth-order valence-electron chi connectivity index (χ4n) is 2.14. The Labute approximate surface area is 112 Å². The molecule has 0 amide bonds. The summed E-state index contributed by atoms with van der Waals surface area (Å²) < 4.78 is 7.87. The van der Waals surface area contributed by atoms with Crippen LogP contribution in [0.15, 0.2) is 9.13 Å². The zero-order chi connectivity index (χ0) is 12.7. The highest BCUT2D eigenvalue weighted by Crippen LogP contribution is 2.28. The van der Waals surface area contributed by atoms with E-state index in [0.717, 1.165) is 28.0 Å². The van der Waals surface area contributed by atoms with Crippen LogP contribution >= 0.6 is 23.1 Å². The smallest absolute Gasteiger partial charge is 0.280 e. The molecule has 2 aromatic rings. The Morgan fingerprint density at radius 1 is 1.50 bits per heavy atom. The van der Waals surface area contributed by atoms with Crippen LogP contribution in [0.4, 0.5) is 0 Å². The lowest BCUT2D eigenvalue weighted by Crippen LogP contribution is -2.24. The van der Waals surface area contributed by atoms with E-state index in [0.29, 0.717) is 12.1 Å². The molecule has 0 aromatic carbocycles. The molecule has 0 aliphatic carbocycles. The van der Waals surface area contributed by atoms with E-state index in [4.69, 9.17) is 4.74 Å². The minimum absolute atomic E-state index is 0.0570. The van der Waals surface area contributed by atoms with Crippen LogP contribution in [0.5, 0.6) is 0 Å². The topological polar surface area (TPSA) is 57.0 Å². The Morgan fingerprint density at radius 2 is 2.33 bits per heavy atom. The maximum absolute atomic E-state index is 12.3. The van der Waals surface area contributed by atoms with Crippen molar-refractivity contribution in [3.8, 4) is 0 Å². The number of aromatic nitrogens is 3. The molecule has 7 heteroatoms. The summed E-state index contributed by atoms with van der Waals surface area (Å²) >= 11 is 3.02. The second-order valence-electron chi connectivity index (χ2n) is 4.23. The summed E-state index contributed by atoms with van der Waals surface area (Å²) in [6.45, 7) is 1.40. The van der Waals surface area contributed by atoms with Crippen LogP contribution in [-0.4, -0.2) is 34.0 Å². The summed E-state index contributed by atoms with van der Waals surface area (Å²) in [4.78, 5) is 21.9. The second-order valence-corrected chi connectivity index (χ2v) is 6.26. The van der Waals surface area contributed by atoms with Crippen molar-refractivity contribution in [1.82, 2.24) is 14.5 Å². The summed E-state index contributed by atoms with van der Waals surface area (Å²) in [5.41, 5.74) is 0.424. The van der Waals surface area contributed by atoms with Gasteiger partial charge in [-0.25, -0.2) is 9.97 Å². The molecule has 0 N–H and O–H groups in total. The van der Waals surface area contributed by atoms with Gasteiger partial charge in [-0.15, -0.1) is 0 Å². The molecule has 1 aliphatic rings. The molecule has 1 atom stereocenters. The average Bonchev–Trinajstić information content (AvgIpc) is 3.02.